The number of carbonyl (C=O) groups is 1. The number of hydrogen-bond acceptors (Lipinski definition) is 4. The smallest absolute Gasteiger partial charge is 0.406 e. The van der Waals surface area contributed by atoms with E-state index in [4.69, 9.17) is 0 Å². The highest BCUT2D eigenvalue weighted by molar-refractivity contribution is 5.91. The molecule has 0 saturated carbocycles. The first-order valence-electron chi connectivity index (χ1n) is 7.88. The Morgan fingerprint density at radius 1 is 1.19 bits per heavy atom. The number of carbonyl (C=O) groups excluding carboxylic acids is 1. The van der Waals surface area contributed by atoms with Gasteiger partial charge in [0, 0.05) is 26.2 Å². The number of aromatic nitrogens is 2. The van der Waals surface area contributed by atoms with Crippen LogP contribution in [0.3, 0.4) is 0 Å². The van der Waals surface area contributed by atoms with Crippen molar-refractivity contribution in [1.29, 1.82) is 0 Å². The molecule has 140 valence electrons. The number of amides is 1. The molecule has 0 atom stereocenters. The standard InChI is InChI=1S/C17H18F3N3O3/c1-3-10-23-15(24)9-8-14(21-23)16(25)22(2)11-12-4-6-13(7-5-12)26-17(18,19)20/h4-9H,3,10-11H2,1-2H3. The van der Waals surface area contributed by atoms with Crippen molar-refractivity contribution in [1.82, 2.24) is 14.7 Å². The lowest BCUT2D eigenvalue weighted by atomic mass is 10.2. The van der Waals surface area contributed by atoms with Gasteiger partial charge in [-0.05, 0) is 30.2 Å². The molecule has 0 aliphatic heterocycles. The fraction of sp³-hybridized carbons (Fsp3) is 0.353. The van der Waals surface area contributed by atoms with Crippen LogP contribution in [-0.4, -0.2) is 34.0 Å². The predicted molar refractivity (Wildman–Crippen MR) is 87.7 cm³/mol. The maximum atomic E-state index is 12.4. The van der Waals surface area contributed by atoms with Crippen LogP contribution in [0.15, 0.2) is 41.2 Å². The summed E-state index contributed by atoms with van der Waals surface area (Å²) in [7, 11) is 1.54. The molecule has 2 rings (SSSR count). The lowest BCUT2D eigenvalue weighted by Crippen LogP contribution is -2.31. The van der Waals surface area contributed by atoms with Gasteiger partial charge in [0.15, 0.2) is 0 Å². The Kier molecular flexibility index (Phi) is 6.01. The van der Waals surface area contributed by atoms with E-state index in [9.17, 15) is 22.8 Å². The number of rotatable bonds is 6. The number of hydrogen-bond donors (Lipinski definition) is 0. The Morgan fingerprint density at radius 2 is 1.85 bits per heavy atom. The van der Waals surface area contributed by atoms with Crippen molar-refractivity contribution in [3.05, 3.63) is 58.0 Å². The molecule has 0 unspecified atom stereocenters. The highest BCUT2D eigenvalue weighted by Crippen LogP contribution is 2.23. The van der Waals surface area contributed by atoms with Crippen LogP contribution in [0.4, 0.5) is 13.2 Å². The van der Waals surface area contributed by atoms with Gasteiger partial charge < -0.3 is 9.64 Å². The molecule has 1 aromatic carbocycles. The zero-order chi connectivity index (χ0) is 19.3. The Bertz CT molecular complexity index is 816. The molecule has 26 heavy (non-hydrogen) atoms. The summed E-state index contributed by atoms with van der Waals surface area (Å²) in [5.41, 5.74) is 0.459. The van der Waals surface area contributed by atoms with Crippen molar-refractivity contribution < 1.29 is 22.7 Å². The van der Waals surface area contributed by atoms with Crippen LogP contribution in [0.1, 0.15) is 29.4 Å². The number of aryl methyl sites for hydroxylation is 1. The van der Waals surface area contributed by atoms with Crippen LogP contribution >= 0.6 is 0 Å². The number of nitrogens with zero attached hydrogens (tertiary/aromatic N) is 3. The van der Waals surface area contributed by atoms with Crippen molar-refractivity contribution in [2.75, 3.05) is 7.05 Å². The SMILES string of the molecule is CCCn1nc(C(=O)N(C)Cc2ccc(OC(F)(F)F)cc2)ccc1=O. The van der Waals surface area contributed by atoms with Gasteiger partial charge in [0.2, 0.25) is 0 Å². The largest absolute Gasteiger partial charge is 0.573 e. The summed E-state index contributed by atoms with van der Waals surface area (Å²) in [6, 6.07) is 7.88. The zero-order valence-corrected chi connectivity index (χ0v) is 14.3. The van der Waals surface area contributed by atoms with Gasteiger partial charge in [-0.3, -0.25) is 9.59 Å². The Hall–Kier alpha value is -2.84. The summed E-state index contributed by atoms with van der Waals surface area (Å²) in [6.45, 7) is 2.46. The summed E-state index contributed by atoms with van der Waals surface area (Å²) in [5, 5.41) is 4.05. The van der Waals surface area contributed by atoms with Crippen LogP contribution in [0, 0.1) is 0 Å². The van der Waals surface area contributed by atoms with Gasteiger partial charge in [0.05, 0.1) is 0 Å². The maximum Gasteiger partial charge on any atom is 0.573 e. The minimum absolute atomic E-state index is 0.123. The molecule has 9 heteroatoms. The molecular weight excluding hydrogens is 351 g/mol. The van der Waals surface area contributed by atoms with Crippen molar-refractivity contribution in [2.45, 2.75) is 32.8 Å². The third-order valence-corrected chi connectivity index (χ3v) is 3.44. The van der Waals surface area contributed by atoms with E-state index < -0.39 is 12.3 Å². The molecule has 0 saturated heterocycles. The summed E-state index contributed by atoms with van der Waals surface area (Å²) in [6.07, 6.45) is -4.05. The first-order valence-corrected chi connectivity index (χ1v) is 7.88. The summed E-state index contributed by atoms with van der Waals surface area (Å²) in [5.74, 6) is -0.728. The maximum absolute atomic E-state index is 12.4. The second-order valence-corrected chi connectivity index (χ2v) is 5.63. The molecule has 1 heterocycles. The van der Waals surface area contributed by atoms with Gasteiger partial charge in [-0.15, -0.1) is 13.2 Å². The molecule has 0 aliphatic rings. The second kappa shape index (κ2) is 8.03. The summed E-state index contributed by atoms with van der Waals surface area (Å²) >= 11 is 0. The highest BCUT2D eigenvalue weighted by atomic mass is 19.4. The minimum atomic E-state index is -4.75. The first kappa shape index (κ1) is 19.5. The van der Waals surface area contributed by atoms with Crippen molar-refractivity contribution >= 4 is 5.91 Å². The highest BCUT2D eigenvalue weighted by Gasteiger charge is 2.31. The van der Waals surface area contributed by atoms with E-state index in [2.05, 4.69) is 9.84 Å². The molecule has 0 N–H and O–H groups in total. The van der Waals surface area contributed by atoms with E-state index in [-0.39, 0.29) is 23.5 Å². The molecule has 0 aliphatic carbocycles. The Morgan fingerprint density at radius 3 is 2.42 bits per heavy atom. The molecule has 2 aromatic rings. The lowest BCUT2D eigenvalue weighted by molar-refractivity contribution is -0.274. The fourth-order valence-corrected chi connectivity index (χ4v) is 2.27. The Balaban J connectivity index is 2.07. The van der Waals surface area contributed by atoms with Gasteiger partial charge in [-0.1, -0.05) is 19.1 Å². The molecule has 1 amide bonds. The van der Waals surface area contributed by atoms with Gasteiger partial charge >= 0.3 is 6.36 Å². The first-order chi connectivity index (χ1) is 12.2. The zero-order valence-electron chi connectivity index (χ0n) is 14.3. The number of halogens is 3. The quantitative estimate of drug-likeness (QED) is 0.786. The summed E-state index contributed by atoms with van der Waals surface area (Å²) < 4.78 is 41.5. The van der Waals surface area contributed by atoms with Crippen LogP contribution in [0.25, 0.3) is 0 Å². The van der Waals surface area contributed by atoms with Crippen LogP contribution < -0.4 is 10.3 Å². The topological polar surface area (TPSA) is 64.4 Å². The van der Waals surface area contributed by atoms with E-state index in [1.54, 1.807) is 7.05 Å². The van der Waals surface area contributed by atoms with Gasteiger partial charge in [0.25, 0.3) is 11.5 Å². The average Bonchev–Trinajstić information content (AvgIpc) is 2.57. The summed E-state index contributed by atoms with van der Waals surface area (Å²) in [4.78, 5) is 25.5. The van der Waals surface area contributed by atoms with Gasteiger partial charge in [-0.2, -0.15) is 5.10 Å². The molecule has 0 radical (unpaired) electrons. The van der Waals surface area contributed by atoms with Gasteiger partial charge in [-0.25, -0.2) is 4.68 Å². The normalized spacial score (nSPS) is 11.3. The fourth-order valence-electron chi connectivity index (χ4n) is 2.27. The number of ether oxygens (including phenoxy) is 1. The van der Waals surface area contributed by atoms with Crippen LogP contribution in [0.2, 0.25) is 0 Å². The van der Waals surface area contributed by atoms with Crippen LogP contribution in [0.5, 0.6) is 5.75 Å². The van der Waals surface area contributed by atoms with Crippen molar-refractivity contribution in [3.63, 3.8) is 0 Å². The third-order valence-electron chi connectivity index (χ3n) is 3.44. The number of alkyl halides is 3. The second-order valence-electron chi connectivity index (χ2n) is 5.63. The van der Waals surface area contributed by atoms with Crippen molar-refractivity contribution in [3.8, 4) is 5.75 Å². The van der Waals surface area contributed by atoms with Gasteiger partial charge in [0.1, 0.15) is 11.4 Å². The van der Waals surface area contributed by atoms with E-state index in [0.717, 1.165) is 0 Å². The van der Waals surface area contributed by atoms with E-state index in [0.29, 0.717) is 18.5 Å². The van der Waals surface area contributed by atoms with E-state index in [1.165, 1.54) is 46.0 Å². The number of benzene rings is 1. The van der Waals surface area contributed by atoms with Crippen LogP contribution in [-0.2, 0) is 13.1 Å². The average molecular weight is 369 g/mol. The third kappa shape index (κ3) is 5.33. The molecule has 0 bridgehead atoms. The van der Waals surface area contributed by atoms with Crippen molar-refractivity contribution in [2.24, 2.45) is 0 Å². The molecule has 0 fully saturated rings. The Labute approximate surface area is 147 Å². The predicted octanol–water partition coefficient (Wildman–Crippen LogP) is 2.82. The van der Waals surface area contributed by atoms with E-state index >= 15 is 0 Å². The lowest BCUT2D eigenvalue weighted by Gasteiger charge is -2.17. The molecule has 6 nitrogen and oxygen atoms in total. The van der Waals surface area contributed by atoms with E-state index in [1.807, 2.05) is 6.92 Å². The molecule has 0 spiro atoms. The molecule has 1 aromatic heterocycles. The molecular formula is C17H18F3N3O3. The monoisotopic (exact) mass is 369 g/mol. The minimum Gasteiger partial charge on any atom is -0.406 e.